The van der Waals surface area contributed by atoms with Gasteiger partial charge in [0, 0.05) is 10.5 Å². The third-order valence-corrected chi connectivity index (χ3v) is 5.52. The first kappa shape index (κ1) is 13.5. The zero-order valence-corrected chi connectivity index (χ0v) is 13.3. The van der Waals surface area contributed by atoms with E-state index in [2.05, 4.69) is 31.4 Å². The smallest absolute Gasteiger partial charge is 0.248 e. The Kier molecular flexibility index (Phi) is 3.55. The van der Waals surface area contributed by atoms with E-state index >= 15 is 0 Å². The van der Waals surface area contributed by atoms with Gasteiger partial charge in [-0.15, -0.1) is 10.2 Å². The van der Waals surface area contributed by atoms with Gasteiger partial charge in [0.05, 0.1) is 12.1 Å². The Balaban J connectivity index is 1.42. The van der Waals surface area contributed by atoms with Crippen molar-refractivity contribution in [2.75, 3.05) is 0 Å². The first-order valence-corrected chi connectivity index (χ1v) is 8.39. The second kappa shape index (κ2) is 5.54. The van der Waals surface area contributed by atoms with Crippen LogP contribution in [-0.2, 0) is 6.54 Å². The number of nitrogens with zero attached hydrogens (tertiary/aromatic N) is 2. The van der Waals surface area contributed by atoms with Crippen LogP contribution in [0.1, 0.15) is 31.6 Å². The van der Waals surface area contributed by atoms with E-state index < -0.39 is 0 Å². The van der Waals surface area contributed by atoms with E-state index in [-0.39, 0.29) is 0 Å². The van der Waals surface area contributed by atoms with Gasteiger partial charge in [-0.25, -0.2) is 0 Å². The quantitative estimate of drug-likeness (QED) is 0.914. The van der Waals surface area contributed by atoms with Crippen LogP contribution in [0.5, 0.6) is 0 Å². The van der Waals surface area contributed by atoms with Gasteiger partial charge in [-0.1, -0.05) is 18.6 Å². The van der Waals surface area contributed by atoms with Crippen molar-refractivity contribution in [1.29, 1.82) is 0 Å². The zero-order valence-electron chi connectivity index (χ0n) is 11.8. The van der Waals surface area contributed by atoms with Gasteiger partial charge in [-0.3, -0.25) is 0 Å². The molecule has 5 heteroatoms. The van der Waals surface area contributed by atoms with E-state index in [1.54, 1.807) is 0 Å². The van der Waals surface area contributed by atoms with Gasteiger partial charge in [-0.2, -0.15) is 0 Å². The van der Waals surface area contributed by atoms with E-state index in [1.165, 1.54) is 25.7 Å². The molecule has 2 aromatic rings. The van der Waals surface area contributed by atoms with Crippen molar-refractivity contribution in [2.24, 2.45) is 11.8 Å². The Hall–Kier alpha value is -1.20. The predicted molar refractivity (Wildman–Crippen MR) is 83.5 cm³/mol. The normalized spacial score (nSPS) is 27.4. The molecule has 2 bridgehead atoms. The molecule has 0 amide bonds. The second-order valence-corrected chi connectivity index (χ2v) is 7.00. The average Bonchev–Trinajstić information content (AvgIpc) is 3.22. The maximum Gasteiger partial charge on any atom is 0.248 e. The van der Waals surface area contributed by atoms with Gasteiger partial charge < -0.3 is 9.73 Å². The highest BCUT2D eigenvalue weighted by Crippen LogP contribution is 2.44. The summed E-state index contributed by atoms with van der Waals surface area (Å²) in [6, 6.07) is 8.54. The number of hydrogen-bond donors (Lipinski definition) is 1. The molecule has 0 spiro atoms. The van der Waals surface area contributed by atoms with Gasteiger partial charge in [0.25, 0.3) is 0 Å². The molecule has 110 valence electrons. The Labute approximate surface area is 132 Å². The van der Waals surface area contributed by atoms with Gasteiger partial charge in [-0.05, 0) is 59.2 Å². The molecule has 4 rings (SSSR count). The molecule has 1 aromatic carbocycles. The topological polar surface area (TPSA) is 51.0 Å². The van der Waals surface area contributed by atoms with Crippen LogP contribution in [0.2, 0.25) is 0 Å². The van der Waals surface area contributed by atoms with Gasteiger partial charge in [0.15, 0.2) is 0 Å². The highest BCUT2D eigenvalue weighted by molar-refractivity contribution is 9.10. The summed E-state index contributed by atoms with van der Waals surface area (Å²) in [6.07, 6.45) is 5.53. The lowest BCUT2D eigenvalue weighted by molar-refractivity contribution is 0.335. The van der Waals surface area contributed by atoms with Crippen molar-refractivity contribution in [2.45, 2.75) is 38.3 Å². The first-order chi connectivity index (χ1) is 10.3. The molecule has 0 radical (unpaired) electrons. The summed E-state index contributed by atoms with van der Waals surface area (Å²) >= 11 is 3.51. The number of hydrogen-bond acceptors (Lipinski definition) is 4. The standard InChI is InChI=1S/C16H18BrN3O/c17-13-4-2-1-3-12(13)16-20-19-15(21-16)9-18-14-8-10-5-6-11(14)7-10/h1-4,10-11,14,18H,5-9H2. The highest BCUT2D eigenvalue weighted by atomic mass is 79.9. The van der Waals surface area contributed by atoms with Crippen molar-refractivity contribution in [1.82, 2.24) is 15.5 Å². The van der Waals surface area contributed by atoms with E-state index in [9.17, 15) is 0 Å². The fraction of sp³-hybridized carbons (Fsp3) is 0.500. The third-order valence-electron chi connectivity index (χ3n) is 4.82. The molecule has 3 unspecified atom stereocenters. The minimum absolute atomic E-state index is 0.576. The van der Waals surface area contributed by atoms with Crippen molar-refractivity contribution >= 4 is 15.9 Å². The van der Waals surface area contributed by atoms with Crippen LogP contribution < -0.4 is 5.32 Å². The summed E-state index contributed by atoms with van der Waals surface area (Å²) in [5.74, 6) is 3.06. The van der Waals surface area contributed by atoms with E-state index in [0.717, 1.165) is 21.9 Å². The predicted octanol–water partition coefficient (Wildman–Crippen LogP) is 3.78. The largest absolute Gasteiger partial charge is 0.419 e. The lowest BCUT2D eigenvalue weighted by Crippen LogP contribution is -2.33. The first-order valence-electron chi connectivity index (χ1n) is 7.60. The lowest BCUT2D eigenvalue weighted by Gasteiger charge is -2.21. The zero-order chi connectivity index (χ0) is 14.2. The average molecular weight is 348 g/mol. The number of rotatable bonds is 4. The fourth-order valence-electron chi connectivity index (χ4n) is 3.78. The Morgan fingerprint density at radius 2 is 2.10 bits per heavy atom. The Morgan fingerprint density at radius 3 is 2.86 bits per heavy atom. The minimum atomic E-state index is 0.576. The maximum absolute atomic E-state index is 5.78. The summed E-state index contributed by atoms with van der Waals surface area (Å²) in [5, 5.41) is 11.9. The van der Waals surface area contributed by atoms with E-state index in [4.69, 9.17) is 4.42 Å². The van der Waals surface area contributed by atoms with Crippen LogP contribution in [0.3, 0.4) is 0 Å². The number of benzene rings is 1. The summed E-state index contributed by atoms with van der Waals surface area (Å²) in [6.45, 7) is 0.672. The summed E-state index contributed by atoms with van der Waals surface area (Å²) in [4.78, 5) is 0. The maximum atomic E-state index is 5.78. The van der Waals surface area contributed by atoms with Crippen LogP contribution in [0.25, 0.3) is 11.5 Å². The van der Waals surface area contributed by atoms with Gasteiger partial charge >= 0.3 is 0 Å². The van der Waals surface area contributed by atoms with Gasteiger partial charge in [0.1, 0.15) is 0 Å². The molecular weight excluding hydrogens is 330 g/mol. The fourth-order valence-corrected chi connectivity index (χ4v) is 4.24. The van der Waals surface area contributed by atoms with Crippen molar-refractivity contribution in [3.05, 3.63) is 34.6 Å². The number of fused-ring (bicyclic) bond motifs is 2. The van der Waals surface area contributed by atoms with Crippen molar-refractivity contribution in [3.63, 3.8) is 0 Å². The SMILES string of the molecule is Brc1ccccc1-c1nnc(CNC2CC3CCC2C3)o1. The monoisotopic (exact) mass is 347 g/mol. The van der Waals surface area contributed by atoms with Crippen LogP contribution in [0.4, 0.5) is 0 Å². The van der Waals surface area contributed by atoms with Crippen LogP contribution in [-0.4, -0.2) is 16.2 Å². The number of halogens is 1. The molecule has 3 atom stereocenters. The summed E-state index contributed by atoms with van der Waals surface area (Å²) < 4.78 is 6.75. The molecule has 2 fully saturated rings. The van der Waals surface area contributed by atoms with Crippen molar-refractivity contribution < 1.29 is 4.42 Å². The molecule has 2 aliphatic rings. The highest BCUT2D eigenvalue weighted by Gasteiger charge is 2.39. The molecule has 1 N–H and O–H groups in total. The van der Waals surface area contributed by atoms with E-state index in [0.29, 0.717) is 24.4 Å². The van der Waals surface area contributed by atoms with Crippen molar-refractivity contribution in [3.8, 4) is 11.5 Å². The molecule has 2 saturated carbocycles. The molecule has 2 aliphatic carbocycles. The Bertz CT molecular complexity index is 642. The third kappa shape index (κ3) is 2.64. The molecule has 1 heterocycles. The van der Waals surface area contributed by atoms with Gasteiger partial charge in [0.2, 0.25) is 11.8 Å². The molecule has 0 aliphatic heterocycles. The molecule has 4 nitrogen and oxygen atoms in total. The van der Waals surface area contributed by atoms with Crippen LogP contribution in [0, 0.1) is 11.8 Å². The Morgan fingerprint density at radius 1 is 1.19 bits per heavy atom. The summed E-state index contributed by atoms with van der Waals surface area (Å²) in [5.41, 5.74) is 0.941. The minimum Gasteiger partial charge on any atom is -0.419 e. The van der Waals surface area contributed by atoms with Crippen LogP contribution >= 0.6 is 15.9 Å². The van der Waals surface area contributed by atoms with Crippen LogP contribution in [0.15, 0.2) is 33.2 Å². The number of nitrogens with one attached hydrogen (secondary N) is 1. The molecular formula is C16H18BrN3O. The molecule has 0 saturated heterocycles. The summed E-state index contributed by atoms with van der Waals surface area (Å²) in [7, 11) is 0. The molecule has 1 aromatic heterocycles. The number of aromatic nitrogens is 2. The lowest BCUT2D eigenvalue weighted by atomic mass is 9.95. The second-order valence-electron chi connectivity index (χ2n) is 6.14. The van der Waals surface area contributed by atoms with E-state index in [1.807, 2.05) is 24.3 Å². The molecule has 21 heavy (non-hydrogen) atoms.